The monoisotopic (exact) mass is 261 g/mol. The maximum Gasteiger partial charge on any atom is 0.109 e. The molecule has 1 fully saturated rings. The van der Waals surface area contributed by atoms with Crippen molar-refractivity contribution < 1.29 is 0 Å². The standard InChI is InChI=1S/C16H27N3/c1-12(2)9-16-18-14-10-17-8-7-15(14)19(16)11-13-5-3-4-6-13/h12-13,17H,3-11H2,1-2H3. The number of imidazole rings is 1. The molecule has 3 nitrogen and oxygen atoms in total. The van der Waals surface area contributed by atoms with Crippen molar-refractivity contribution in [1.82, 2.24) is 14.9 Å². The van der Waals surface area contributed by atoms with Crippen molar-refractivity contribution in [3.63, 3.8) is 0 Å². The van der Waals surface area contributed by atoms with Crippen molar-refractivity contribution >= 4 is 0 Å². The summed E-state index contributed by atoms with van der Waals surface area (Å²) in [4.78, 5) is 4.93. The Bertz CT molecular complexity index is 427. The van der Waals surface area contributed by atoms with Gasteiger partial charge in [-0.1, -0.05) is 26.7 Å². The van der Waals surface area contributed by atoms with Crippen LogP contribution in [0.5, 0.6) is 0 Å². The summed E-state index contributed by atoms with van der Waals surface area (Å²) in [5.74, 6) is 2.94. The third-order valence-electron chi connectivity index (χ3n) is 4.57. The molecular formula is C16H27N3. The zero-order chi connectivity index (χ0) is 13.2. The molecule has 1 N–H and O–H groups in total. The lowest BCUT2D eigenvalue weighted by atomic mass is 10.1. The lowest BCUT2D eigenvalue weighted by molar-refractivity contribution is 0.427. The van der Waals surface area contributed by atoms with Gasteiger partial charge >= 0.3 is 0 Å². The van der Waals surface area contributed by atoms with E-state index in [1.54, 1.807) is 0 Å². The highest BCUT2D eigenvalue weighted by atomic mass is 15.1. The van der Waals surface area contributed by atoms with Gasteiger partial charge in [0, 0.05) is 38.2 Å². The minimum Gasteiger partial charge on any atom is -0.331 e. The van der Waals surface area contributed by atoms with Crippen LogP contribution < -0.4 is 5.32 Å². The Kier molecular flexibility index (Phi) is 3.92. The smallest absolute Gasteiger partial charge is 0.109 e. The Morgan fingerprint density at radius 1 is 1.32 bits per heavy atom. The van der Waals surface area contributed by atoms with E-state index in [1.807, 2.05) is 0 Å². The average Bonchev–Trinajstić information content (AvgIpc) is 2.99. The number of rotatable bonds is 4. The zero-order valence-electron chi connectivity index (χ0n) is 12.4. The lowest BCUT2D eigenvalue weighted by Crippen LogP contribution is -2.25. The van der Waals surface area contributed by atoms with Gasteiger partial charge in [-0.15, -0.1) is 0 Å². The predicted octanol–water partition coefficient (Wildman–Crippen LogP) is 2.92. The molecule has 3 heteroatoms. The summed E-state index contributed by atoms with van der Waals surface area (Å²) >= 11 is 0. The Hall–Kier alpha value is -0.830. The Morgan fingerprint density at radius 3 is 2.84 bits per heavy atom. The fourth-order valence-corrected chi connectivity index (χ4v) is 3.61. The molecule has 3 rings (SSSR count). The molecule has 2 heterocycles. The molecule has 1 aliphatic carbocycles. The molecule has 2 aliphatic rings. The number of hydrogen-bond acceptors (Lipinski definition) is 2. The first-order valence-electron chi connectivity index (χ1n) is 8.02. The number of hydrogen-bond donors (Lipinski definition) is 1. The quantitative estimate of drug-likeness (QED) is 0.903. The Balaban J connectivity index is 1.86. The molecule has 1 aromatic rings. The minimum atomic E-state index is 0.694. The van der Waals surface area contributed by atoms with E-state index in [2.05, 4.69) is 23.7 Å². The maximum atomic E-state index is 4.93. The molecule has 0 amide bonds. The van der Waals surface area contributed by atoms with Crippen molar-refractivity contribution in [1.29, 1.82) is 0 Å². The average molecular weight is 261 g/mol. The summed E-state index contributed by atoms with van der Waals surface area (Å²) in [6, 6.07) is 0. The molecule has 0 unspecified atom stereocenters. The van der Waals surface area contributed by atoms with E-state index in [9.17, 15) is 0 Å². The Labute approximate surface area is 116 Å². The van der Waals surface area contributed by atoms with Crippen molar-refractivity contribution in [3.05, 3.63) is 17.2 Å². The second kappa shape index (κ2) is 5.66. The number of nitrogens with zero attached hydrogens (tertiary/aromatic N) is 2. The first kappa shape index (κ1) is 13.2. The van der Waals surface area contributed by atoms with Crippen molar-refractivity contribution in [2.24, 2.45) is 11.8 Å². The first-order chi connectivity index (χ1) is 9.24. The molecule has 0 aromatic carbocycles. The van der Waals surface area contributed by atoms with E-state index in [4.69, 9.17) is 4.98 Å². The van der Waals surface area contributed by atoms with Gasteiger partial charge in [0.25, 0.3) is 0 Å². The number of nitrogens with one attached hydrogen (secondary N) is 1. The van der Waals surface area contributed by atoms with Crippen molar-refractivity contribution in [2.75, 3.05) is 6.54 Å². The van der Waals surface area contributed by atoms with Gasteiger partial charge in [-0.25, -0.2) is 4.98 Å². The highest BCUT2D eigenvalue weighted by molar-refractivity contribution is 5.20. The molecule has 0 spiro atoms. The SMILES string of the molecule is CC(C)Cc1nc2c(n1CC1CCCC1)CCNC2. The normalized spacial score (nSPS) is 20.2. The van der Waals surface area contributed by atoms with Crippen LogP contribution in [0.2, 0.25) is 0 Å². The van der Waals surface area contributed by atoms with Gasteiger partial charge in [-0.2, -0.15) is 0 Å². The van der Waals surface area contributed by atoms with E-state index >= 15 is 0 Å². The van der Waals surface area contributed by atoms with Gasteiger partial charge in [-0.05, 0) is 24.7 Å². The van der Waals surface area contributed by atoms with Gasteiger partial charge in [-0.3, -0.25) is 0 Å². The largest absolute Gasteiger partial charge is 0.331 e. The van der Waals surface area contributed by atoms with Crippen molar-refractivity contribution in [3.8, 4) is 0 Å². The number of aromatic nitrogens is 2. The van der Waals surface area contributed by atoms with E-state index in [1.165, 1.54) is 49.4 Å². The lowest BCUT2D eigenvalue weighted by Gasteiger charge is -2.19. The summed E-state index contributed by atoms with van der Waals surface area (Å²) in [5, 5.41) is 3.45. The summed E-state index contributed by atoms with van der Waals surface area (Å²) in [6.45, 7) is 7.91. The van der Waals surface area contributed by atoms with Crippen LogP contribution in [0.15, 0.2) is 0 Å². The van der Waals surface area contributed by atoms with Crippen LogP contribution in [0.25, 0.3) is 0 Å². The van der Waals surface area contributed by atoms with Gasteiger partial charge < -0.3 is 9.88 Å². The van der Waals surface area contributed by atoms with Crippen molar-refractivity contribution in [2.45, 2.75) is 65.5 Å². The molecule has 0 saturated heterocycles. The molecule has 1 saturated carbocycles. The topological polar surface area (TPSA) is 29.9 Å². The van der Waals surface area contributed by atoms with Crippen LogP contribution in [0.1, 0.15) is 56.7 Å². The first-order valence-corrected chi connectivity index (χ1v) is 8.02. The third-order valence-corrected chi connectivity index (χ3v) is 4.57. The molecule has 106 valence electrons. The fraction of sp³-hybridized carbons (Fsp3) is 0.812. The Morgan fingerprint density at radius 2 is 2.11 bits per heavy atom. The summed E-state index contributed by atoms with van der Waals surface area (Å²) in [6.07, 6.45) is 8.00. The summed E-state index contributed by atoms with van der Waals surface area (Å²) in [5.41, 5.74) is 2.85. The summed E-state index contributed by atoms with van der Waals surface area (Å²) in [7, 11) is 0. The zero-order valence-corrected chi connectivity index (χ0v) is 12.4. The predicted molar refractivity (Wildman–Crippen MR) is 78.1 cm³/mol. The number of fused-ring (bicyclic) bond motifs is 1. The second-order valence-corrected chi connectivity index (χ2v) is 6.71. The van der Waals surface area contributed by atoms with Gasteiger partial charge in [0.15, 0.2) is 0 Å². The van der Waals surface area contributed by atoms with Gasteiger partial charge in [0.1, 0.15) is 5.82 Å². The molecule has 1 aromatic heterocycles. The fourth-order valence-electron chi connectivity index (χ4n) is 3.61. The van der Waals surface area contributed by atoms with Crippen LogP contribution in [-0.2, 0) is 25.9 Å². The molecule has 1 aliphatic heterocycles. The van der Waals surface area contributed by atoms with Crippen LogP contribution in [-0.4, -0.2) is 16.1 Å². The highest BCUT2D eigenvalue weighted by Gasteiger charge is 2.23. The molecule has 19 heavy (non-hydrogen) atoms. The van der Waals surface area contributed by atoms with Crippen LogP contribution in [0.4, 0.5) is 0 Å². The molecular weight excluding hydrogens is 234 g/mol. The van der Waals surface area contributed by atoms with E-state index < -0.39 is 0 Å². The molecule has 0 radical (unpaired) electrons. The van der Waals surface area contributed by atoms with E-state index in [0.717, 1.165) is 31.8 Å². The molecule has 0 bridgehead atoms. The van der Waals surface area contributed by atoms with E-state index in [-0.39, 0.29) is 0 Å². The van der Waals surface area contributed by atoms with Crippen LogP contribution in [0.3, 0.4) is 0 Å². The van der Waals surface area contributed by atoms with Crippen LogP contribution >= 0.6 is 0 Å². The third kappa shape index (κ3) is 2.86. The van der Waals surface area contributed by atoms with Gasteiger partial charge in [0.05, 0.1) is 5.69 Å². The van der Waals surface area contributed by atoms with Gasteiger partial charge in [0.2, 0.25) is 0 Å². The summed E-state index contributed by atoms with van der Waals surface area (Å²) < 4.78 is 2.59. The second-order valence-electron chi connectivity index (χ2n) is 6.71. The van der Waals surface area contributed by atoms with Crippen LogP contribution in [0, 0.1) is 11.8 Å². The van der Waals surface area contributed by atoms with E-state index in [0.29, 0.717) is 5.92 Å². The maximum absolute atomic E-state index is 4.93. The minimum absolute atomic E-state index is 0.694. The molecule has 0 atom stereocenters. The highest BCUT2D eigenvalue weighted by Crippen LogP contribution is 2.28.